The summed E-state index contributed by atoms with van der Waals surface area (Å²) < 4.78 is 33.8. The van der Waals surface area contributed by atoms with Crippen molar-refractivity contribution in [3.05, 3.63) is 60.8 Å². The van der Waals surface area contributed by atoms with Crippen molar-refractivity contribution < 1.29 is 42.1 Å². The van der Waals surface area contributed by atoms with E-state index in [0.717, 1.165) is 44.9 Å². The van der Waals surface area contributed by atoms with Gasteiger partial charge in [0, 0.05) is 12.8 Å². The average molecular weight is 822 g/mol. The number of ether oxygens (including phenoxy) is 2. The van der Waals surface area contributed by atoms with E-state index in [1.165, 1.54) is 96.3 Å². The highest BCUT2D eigenvalue weighted by Crippen LogP contribution is 2.38. The first-order valence-corrected chi connectivity index (χ1v) is 24.0. The predicted molar refractivity (Wildman–Crippen MR) is 236 cm³/mol. The standard InChI is InChI=1S/C47H84NO8P/c1-6-8-10-12-14-16-18-20-22-23-24-25-26-28-30-32-34-36-38-40-47(50)56-45(44-55-57(51,52)54-42-41-48(3,4)5)43-53-46(49)39-37-35-33-31-29-27-21-19-17-15-13-11-9-7-2/h14,16,20,22,24-25,28,30,34,36,45H,6-13,15,17-19,21,23,26-27,29,31-33,35,37-44H2,1-5H3/b16-14+,22-20+,25-24+,30-28+,36-34+/t45-/m1/s1. The van der Waals surface area contributed by atoms with Crippen molar-refractivity contribution in [1.29, 1.82) is 0 Å². The van der Waals surface area contributed by atoms with Crippen LogP contribution in [0.25, 0.3) is 0 Å². The molecule has 9 nitrogen and oxygen atoms in total. The number of nitrogens with zero attached hydrogens (tertiary/aromatic N) is 1. The molecule has 0 aromatic rings. The smallest absolute Gasteiger partial charge is 0.306 e. The number of carbonyl (C=O) groups is 2. The number of unbranched alkanes of at least 4 members (excludes halogenated alkanes) is 16. The summed E-state index contributed by atoms with van der Waals surface area (Å²) in [7, 11) is 1.12. The molecular weight excluding hydrogens is 737 g/mol. The van der Waals surface area contributed by atoms with Crippen LogP contribution in [-0.2, 0) is 32.7 Å². The van der Waals surface area contributed by atoms with Crippen LogP contribution in [0.2, 0.25) is 0 Å². The number of hydrogen-bond donors (Lipinski definition) is 0. The van der Waals surface area contributed by atoms with Gasteiger partial charge in [0.15, 0.2) is 6.10 Å². The van der Waals surface area contributed by atoms with Crippen molar-refractivity contribution >= 4 is 19.8 Å². The van der Waals surface area contributed by atoms with Crippen LogP contribution in [0.15, 0.2) is 60.8 Å². The molecule has 0 aromatic carbocycles. The molecule has 0 heterocycles. The Kier molecular flexibility index (Phi) is 37.6. The van der Waals surface area contributed by atoms with Crippen LogP contribution < -0.4 is 4.89 Å². The van der Waals surface area contributed by atoms with Crippen LogP contribution in [0.3, 0.4) is 0 Å². The molecule has 1 unspecified atom stereocenters. The molecule has 0 spiro atoms. The van der Waals surface area contributed by atoms with Gasteiger partial charge in [-0.1, -0.05) is 171 Å². The Hall–Kier alpha value is -2.29. The van der Waals surface area contributed by atoms with Gasteiger partial charge in [0.2, 0.25) is 0 Å². The van der Waals surface area contributed by atoms with E-state index in [4.69, 9.17) is 18.5 Å². The van der Waals surface area contributed by atoms with Gasteiger partial charge in [0.1, 0.15) is 19.8 Å². The summed E-state index contributed by atoms with van der Waals surface area (Å²) in [6.45, 7) is 4.11. The predicted octanol–water partition coefficient (Wildman–Crippen LogP) is 12.2. The lowest BCUT2D eigenvalue weighted by molar-refractivity contribution is -0.870. The maximum absolute atomic E-state index is 12.6. The minimum absolute atomic E-state index is 0.0453. The van der Waals surface area contributed by atoms with Crippen LogP contribution in [0.5, 0.6) is 0 Å². The first kappa shape index (κ1) is 54.7. The summed E-state index contributed by atoms with van der Waals surface area (Å²) in [4.78, 5) is 37.5. The van der Waals surface area contributed by atoms with Crippen molar-refractivity contribution in [2.75, 3.05) is 47.5 Å². The summed E-state index contributed by atoms with van der Waals surface area (Å²) in [5, 5.41) is 0. The van der Waals surface area contributed by atoms with Gasteiger partial charge in [0.25, 0.3) is 7.82 Å². The molecule has 0 aliphatic carbocycles. The maximum Gasteiger partial charge on any atom is 0.306 e. The number of quaternary nitrogens is 1. The summed E-state index contributed by atoms with van der Waals surface area (Å²) >= 11 is 0. The summed E-state index contributed by atoms with van der Waals surface area (Å²) in [6, 6.07) is 0. The molecular formula is C47H84NO8P. The zero-order chi connectivity index (χ0) is 42.1. The Morgan fingerprint density at radius 1 is 0.544 bits per heavy atom. The van der Waals surface area contributed by atoms with E-state index in [9.17, 15) is 19.0 Å². The Balaban J connectivity index is 4.48. The van der Waals surface area contributed by atoms with Crippen molar-refractivity contribution in [2.45, 2.75) is 180 Å². The molecule has 0 aliphatic heterocycles. The highest BCUT2D eigenvalue weighted by atomic mass is 31.2. The van der Waals surface area contributed by atoms with Crippen molar-refractivity contribution in [3.63, 3.8) is 0 Å². The number of allylic oxidation sites excluding steroid dienone is 10. The van der Waals surface area contributed by atoms with Crippen molar-refractivity contribution in [1.82, 2.24) is 0 Å². The Morgan fingerprint density at radius 2 is 0.982 bits per heavy atom. The van der Waals surface area contributed by atoms with Gasteiger partial charge in [-0.2, -0.15) is 0 Å². The lowest BCUT2D eigenvalue weighted by Gasteiger charge is -2.28. The summed E-state index contributed by atoms with van der Waals surface area (Å²) in [6.07, 6.45) is 46.9. The third kappa shape index (κ3) is 43.1. The lowest BCUT2D eigenvalue weighted by atomic mass is 10.0. The van der Waals surface area contributed by atoms with Gasteiger partial charge in [0.05, 0.1) is 27.7 Å². The normalized spacial score (nSPS) is 14.1. The molecule has 0 saturated carbocycles. The number of esters is 2. The van der Waals surface area contributed by atoms with E-state index in [1.54, 1.807) is 0 Å². The fraction of sp³-hybridized carbons (Fsp3) is 0.745. The van der Waals surface area contributed by atoms with Crippen LogP contribution in [0, 0.1) is 0 Å². The molecule has 0 bridgehead atoms. The molecule has 2 atom stereocenters. The lowest BCUT2D eigenvalue weighted by Crippen LogP contribution is -2.37. The summed E-state index contributed by atoms with van der Waals surface area (Å²) in [5.41, 5.74) is 0. The van der Waals surface area contributed by atoms with E-state index in [1.807, 2.05) is 33.3 Å². The van der Waals surface area contributed by atoms with E-state index in [0.29, 0.717) is 17.4 Å². The molecule has 0 N–H and O–H groups in total. The van der Waals surface area contributed by atoms with E-state index >= 15 is 0 Å². The Bertz CT molecular complexity index is 1160. The van der Waals surface area contributed by atoms with E-state index in [-0.39, 0.29) is 26.1 Å². The van der Waals surface area contributed by atoms with Gasteiger partial charge in [-0.3, -0.25) is 14.2 Å². The second-order valence-corrected chi connectivity index (χ2v) is 17.5. The Morgan fingerprint density at radius 3 is 1.47 bits per heavy atom. The first-order valence-electron chi connectivity index (χ1n) is 22.5. The third-order valence-corrected chi connectivity index (χ3v) is 10.3. The number of rotatable bonds is 40. The van der Waals surface area contributed by atoms with Crippen LogP contribution >= 0.6 is 7.82 Å². The molecule has 0 fully saturated rings. The molecule has 0 saturated heterocycles. The second kappa shape index (κ2) is 39.2. The van der Waals surface area contributed by atoms with Gasteiger partial charge < -0.3 is 27.9 Å². The van der Waals surface area contributed by atoms with Gasteiger partial charge in [-0.15, -0.1) is 0 Å². The fourth-order valence-corrected chi connectivity index (χ4v) is 6.48. The zero-order valence-corrected chi connectivity index (χ0v) is 37.9. The minimum atomic E-state index is -4.64. The van der Waals surface area contributed by atoms with Crippen LogP contribution in [-0.4, -0.2) is 70.0 Å². The van der Waals surface area contributed by atoms with Crippen LogP contribution in [0.1, 0.15) is 174 Å². The first-order chi connectivity index (χ1) is 27.5. The largest absolute Gasteiger partial charge is 0.756 e. The van der Waals surface area contributed by atoms with Crippen molar-refractivity contribution in [3.8, 4) is 0 Å². The SMILES string of the molecule is CCCCC/C=C/C/C=C/C/C=C/C/C=C/C/C=C/CCC(=O)O[C@H](COC(=O)CCCCCCCCCCCCCCCC)COP(=O)([O-])OCC[N+](C)(C)C. The molecule has 0 aromatic heterocycles. The third-order valence-electron chi connectivity index (χ3n) is 9.30. The molecule has 0 radical (unpaired) electrons. The highest BCUT2D eigenvalue weighted by molar-refractivity contribution is 7.45. The molecule has 0 amide bonds. The number of carbonyl (C=O) groups excluding carboxylic acids is 2. The second-order valence-electron chi connectivity index (χ2n) is 16.1. The molecule has 10 heteroatoms. The van der Waals surface area contributed by atoms with Gasteiger partial charge in [-0.05, 0) is 51.4 Å². The number of hydrogen-bond acceptors (Lipinski definition) is 8. The number of phosphoric acid groups is 1. The topological polar surface area (TPSA) is 111 Å². The maximum atomic E-state index is 12.6. The van der Waals surface area contributed by atoms with Gasteiger partial charge >= 0.3 is 11.9 Å². The Labute approximate surface area is 349 Å². The highest BCUT2D eigenvalue weighted by Gasteiger charge is 2.21. The molecule has 57 heavy (non-hydrogen) atoms. The van der Waals surface area contributed by atoms with E-state index in [2.05, 4.69) is 62.5 Å². The fourth-order valence-electron chi connectivity index (χ4n) is 5.75. The molecule has 0 rings (SSSR count). The average Bonchev–Trinajstić information content (AvgIpc) is 3.16. The number of likely N-dealkylation sites (N-methyl/N-ethyl adjacent to an activating group) is 1. The summed E-state index contributed by atoms with van der Waals surface area (Å²) in [5.74, 6) is -0.931. The van der Waals surface area contributed by atoms with Gasteiger partial charge in [-0.25, -0.2) is 0 Å². The monoisotopic (exact) mass is 822 g/mol. The number of phosphoric ester groups is 1. The van der Waals surface area contributed by atoms with Crippen LogP contribution in [0.4, 0.5) is 0 Å². The zero-order valence-electron chi connectivity index (χ0n) is 37.0. The minimum Gasteiger partial charge on any atom is -0.756 e. The molecule has 330 valence electrons. The van der Waals surface area contributed by atoms with Crippen molar-refractivity contribution in [2.24, 2.45) is 0 Å². The van der Waals surface area contributed by atoms with E-state index < -0.39 is 32.5 Å². The quantitative estimate of drug-likeness (QED) is 0.0197. The molecule has 0 aliphatic rings.